The maximum absolute atomic E-state index is 11.1. The molecule has 3 nitrogen and oxygen atoms in total. The zero-order chi connectivity index (χ0) is 18.8. The minimum absolute atomic E-state index is 0.00174. The number of nitrogens with two attached hydrogens (primary N) is 1. The van der Waals surface area contributed by atoms with Crippen LogP contribution < -0.4 is 5.73 Å². The van der Waals surface area contributed by atoms with Crippen LogP contribution in [-0.4, -0.2) is 5.78 Å². The zero-order valence-corrected chi connectivity index (χ0v) is 17.3. The van der Waals surface area contributed by atoms with Crippen LogP contribution in [0.5, 0.6) is 0 Å². The van der Waals surface area contributed by atoms with Gasteiger partial charge in [0.05, 0.1) is 9.39 Å². The van der Waals surface area contributed by atoms with Gasteiger partial charge in [-0.25, -0.2) is 0 Å². The van der Waals surface area contributed by atoms with Crippen LogP contribution >= 0.6 is 23.6 Å². The molecular weight excluding hydrogens is 348 g/mol. The summed E-state index contributed by atoms with van der Waals surface area (Å²) in [6.45, 7) is 8.56. The third kappa shape index (κ3) is 4.68. The molecule has 0 radical (unpaired) electrons. The van der Waals surface area contributed by atoms with E-state index >= 15 is 0 Å². The minimum Gasteiger partial charge on any atom is -0.389 e. The number of hydrogen-bond donors (Lipinski definition) is 1. The first-order chi connectivity index (χ1) is 11.6. The molecule has 2 aliphatic carbocycles. The third-order valence-corrected chi connectivity index (χ3v) is 6.74. The number of anilines is 1. The van der Waals surface area contributed by atoms with Gasteiger partial charge in [0.2, 0.25) is 0 Å². The molecule has 0 unspecified atom stereocenters. The number of nitrogens with zero attached hydrogens (tertiary/aromatic N) is 1. The van der Waals surface area contributed by atoms with Crippen LogP contribution in [0.2, 0.25) is 0 Å². The molecule has 0 amide bonds. The Hall–Kier alpha value is -1.25. The summed E-state index contributed by atoms with van der Waals surface area (Å²) in [6.07, 6.45) is 7.27. The van der Waals surface area contributed by atoms with Crippen LogP contribution in [0.3, 0.4) is 0 Å². The highest BCUT2D eigenvalue weighted by atomic mass is 32.1. The summed E-state index contributed by atoms with van der Waals surface area (Å²) in [5.41, 5.74) is 9.06. The van der Waals surface area contributed by atoms with Crippen LogP contribution in [0.25, 0.3) is 0 Å². The molecule has 2 aliphatic rings. The fraction of sp³-hybridized carbons (Fsp3) is 0.650. The Labute approximate surface area is 160 Å². The SMILES string of the molecule is CC1(C)CCCCC1=O.CC1(C)CCc2c(c(C#N)c(N)sc2=S)C1. The molecule has 1 aromatic heterocycles. The van der Waals surface area contributed by atoms with E-state index in [1.807, 2.05) is 0 Å². The maximum atomic E-state index is 11.1. The van der Waals surface area contributed by atoms with Crippen LogP contribution in [-0.2, 0) is 17.6 Å². The molecule has 0 aliphatic heterocycles. The van der Waals surface area contributed by atoms with Crippen LogP contribution in [0, 0.1) is 26.0 Å². The molecule has 3 rings (SSSR count). The van der Waals surface area contributed by atoms with Crippen molar-refractivity contribution in [2.24, 2.45) is 10.8 Å². The number of carbonyl (C=O) groups excluding carboxylic acids is 1. The second-order valence-electron chi connectivity index (χ2n) is 8.55. The summed E-state index contributed by atoms with van der Waals surface area (Å²) in [7, 11) is 0. The predicted molar refractivity (Wildman–Crippen MR) is 107 cm³/mol. The van der Waals surface area contributed by atoms with Gasteiger partial charge in [0.15, 0.2) is 0 Å². The topological polar surface area (TPSA) is 66.9 Å². The fourth-order valence-electron chi connectivity index (χ4n) is 3.57. The van der Waals surface area contributed by atoms with Crippen molar-refractivity contribution in [3.8, 4) is 6.07 Å². The fourth-order valence-corrected chi connectivity index (χ4v) is 4.88. The van der Waals surface area contributed by atoms with E-state index in [1.54, 1.807) is 0 Å². The Kier molecular flexibility index (Phi) is 6.06. The van der Waals surface area contributed by atoms with E-state index in [2.05, 4.69) is 33.8 Å². The van der Waals surface area contributed by atoms with E-state index < -0.39 is 0 Å². The molecule has 0 aromatic carbocycles. The van der Waals surface area contributed by atoms with Gasteiger partial charge in [0, 0.05) is 11.8 Å². The predicted octanol–water partition coefficient (Wildman–Crippen LogP) is 5.60. The van der Waals surface area contributed by atoms with Gasteiger partial charge in [-0.15, -0.1) is 11.3 Å². The second-order valence-corrected chi connectivity index (χ2v) is 10.3. The molecule has 0 saturated heterocycles. The molecular formula is C20H28N2OS2. The summed E-state index contributed by atoms with van der Waals surface area (Å²) in [6, 6.07) is 2.23. The molecule has 2 N–H and O–H groups in total. The standard InChI is InChI=1S/C12H14N2S2.C8H14O/c1-12(2)4-3-7-8(5-12)9(6-13)10(14)16-11(7)15;1-8(2)6-4-3-5-7(8)9/h3-5,14H2,1-2H3;3-6H2,1-2H3. The smallest absolute Gasteiger partial charge is 0.138 e. The highest BCUT2D eigenvalue weighted by Crippen LogP contribution is 2.39. The van der Waals surface area contributed by atoms with E-state index in [0.29, 0.717) is 16.3 Å². The lowest BCUT2D eigenvalue weighted by atomic mass is 9.74. The molecule has 1 aromatic rings. The van der Waals surface area contributed by atoms with Crippen molar-refractivity contribution in [2.75, 3.05) is 5.73 Å². The lowest BCUT2D eigenvalue weighted by Gasteiger charge is -2.31. The Bertz CT molecular complexity index is 769. The normalized spacial score (nSPS) is 20.7. The zero-order valence-electron chi connectivity index (χ0n) is 15.7. The first-order valence-corrected chi connectivity index (χ1v) is 10.2. The van der Waals surface area contributed by atoms with Gasteiger partial charge >= 0.3 is 0 Å². The number of carbonyl (C=O) groups is 1. The molecule has 0 bridgehead atoms. The van der Waals surface area contributed by atoms with Gasteiger partial charge in [-0.2, -0.15) is 5.26 Å². The average Bonchev–Trinajstić information content (AvgIpc) is 2.50. The van der Waals surface area contributed by atoms with Crippen molar-refractivity contribution in [1.82, 2.24) is 0 Å². The van der Waals surface area contributed by atoms with E-state index in [1.165, 1.54) is 23.3 Å². The first kappa shape index (κ1) is 20.1. The lowest BCUT2D eigenvalue weighted by molar-refractivity contribution is -0.129. The molecule has 1 saturated carbocycles. The Morgan fingerprint density at radius 2 is 1.80 bits per heavy atom. The average molecular weight is 377 g/mol. The van der Waals surface area contributed by atoms with Crippen LogP contribution in [0.1, 0.15) is 76.5 Å². The summed E-state index contributed by atoms with van der Waals surface area (Å²) in [5.74, 6) is 0.453. The Morgan fingerprint density at radius 1 is 1.12 bits per heavy atom. The van der Waals surface area contributed by atoms with Crippen molar-refractivity contribution in [1.29, 1.82) is 5.26 Å². The first-order valence-electron chi connectivity index (χ1n) is 8.95. The number of fused-ring (bicyclic) bond motifs is 1. The number of rotatable bonds is 0. The number of hydrogen-bond acceptors (Lipinski definition) is 5. The van der Waals surface area contributed by atoms with Gasteiger partial charge in [0.25, 0.3) is 0 Å². The summed E-state index contributed by atoms with van der Waals surface area (Å²) >= 11 is 6.71. The summed E-state index contributed by atoms with van der Waals surface area (Å²) in [4.78, 5) is 11.1. The summed E-state index contributed by atoms with van der Waals surface area (Å²) < 4.78 is 0.863. The monoisotopic (exact) mass is 376 g/mol. The van der Waals surface area contributed by atoms with Gasteiger partial charge in [-0.05, 0) is 48.6 Å². The van der Waals surface area contributed by atoms with Crippen molar-refractivity contribution >= 4 is 34.3 Å². The number of ketones is 1. The van der Waals surface area contributed by atoms with Crippen molar-refractivity contribution < 1.29 is 4.79 Å². The minimum atomic E-state index is -0.00174. The van der Waals surface area contributed by atoms with E-state index in [0.717, 1.165) is 47.9 Å². The second kappa shape index (κ2) is 7.55. The van der Waals surface area contributed by atoms with Crippen molar-refractivity contribution in [3.05, 3.63) is 20.5 Å². The van der Waals surface area contributed by atoms with E-state index in [-0.39, 0.29) is 10.8 Å². The molecule has 5 heteroatoms. The molecule has 136 valence electrons. The molecule has 1 heterocycles. The number of Topliss-reactive ketones (excluding diaryl/α,β-unsaturated/α-hetero) is 1. The highest BCUT2D eigenvalue weighted by molar-refractivity contribution is 7.73. The van der Waals surface area contributed by atoms with Gasteiger partial charge in [-0.1, -0.05) is 46.3 Å². The van der Waals surface area contributed by atoms with Crippen LogP contribution in [0.4, 0.5) is 5.00 Å². The maximum Gasteiger partial charge on any atom is 0.138 e. The van der Waals surface area contributed by atoms with Crippen molar-refractivity contribution in [2.45, 2.75) is 72.6 Å². The third-order valence-electron chi connectivity index (χ3n) is 5.39. The largest absolute Gasteiger partial charge is 0.389 e. The molecule has 0 spiro atoms. The molecule has 0 atom stereocenters. The number of nitriles is 1. The van der Waals surface area contributed by atoms with Gasteiger partial charge < -0.3 is 5.73 Å². The van der Waals surface area contributed by atoms with Crippen LogP contribution in [0.15, 0.2) is 0 Å². The van der Waals surface area contributed by atoms with E-state index in [4.69, 9.17) is 18.0 Å². The summed E-state index contributed by atoms with van der Waals surface area (Å²) in [5, 5.41) is 9.75. The quantitative estimate of drug-likeness (QED) is 0.598. The highest BCUT2D eigenvalue weighted by Gasteiger charge is 2.30. The Balaban J connectivity index is 0.000000212. The number of nitrogen functional groups attached to an aromatic ring is 1. The lowest BCUT2D eigenvalue weighted by Crippen LogP contribution is -2.27. The van der Waals surface area contributed by atoms with Gasteiger partial charge in [0.1, 0.15) is 16.9 Å². The Morgan fingerprint density at radius 3 is 2.32 bits per heavy atom. The molecule has 1 fully saturated rings. The van der Waals surface area contributed by atoms with Crippen molar-refractivity contribution in [3.63, 3.8) is 0 Å². The molecule has 25 heavy (non-hydrogen) atoms. The van der Waals surface area contributed by atoms with Gasteiger partial charge in [-0.3, -0.25) is 4.79 Å². The van der Waals surface area contributed by atoms with E-state index in [9.17, 15) is 10.1 Å².